The van der Waals surface area contributed by atoms with Crippen molar-refractivity contribution in [3.63, 3.8) is 0 Å². The van der Waals surface area contributed by atoms with Gasteiger partial charge in [-0.05, 0) is 6.07 Å². The average Bonchev–Trinajstić information content (AvgIpc) is 2.37. The fourth-order valence-electron chi connectivity index (χ4n) is 1.54. The molecule has 1 amide bonds. The fraction of sp³-hybridized carbons (Fsp3) is 0.200. The van der Waals surface area contributed by atoms with Crippen LogP contribution in [0, 0.1) is 17.6 Å². The normalized spacial score (nSPS) is 10.5. The summed E-state index contributed by atoms with van der Waals surface area (Å²) in [5, 5.41) is 2.61. The van der Waals surface area contributed by atoms with Crippen molar-refractivity contribution in [2.24, 2.45) is 5.92 Å². The largest absolute Gasteiger partial charge is 0.457 e. The van der Waals surface area contributed by atoms with E-state index in [1.54, 1.807) is 13.8 Å². The summed E-state index contributed by atoms with van der Waals surface area (Å²) in [6.07, 6.45) is 1.43. The SMILES string of the molecule is CC(C)C(=O)Nc1cc(Oc2cc(F)cc(F)c2)ccn1. The fourth-order valence-corrected chi connectivity index (χ4v) is 1.54. The molecule has 0 atom stereocenters. The first-order valence-corrected chi connectivity index (χ1v) is 6.35. The van der Waals surface area contributed by atoms with Gasteiger partial charge in [-0.15, -0.1) is 0 Å². The third kappa shape index (κ3) is 4.24. The number of anilines is 1. The molecule has 0 aliphatic heterocycles. The molecule has 110 valence electrons. The Kier molecular flexibility index (Phi) is 4.47. The van der Waals surface area contributed by atoms with E-state index in [0.29, 0.717) is 11.6 Å². The van der Waals surface area contributed by atoms with E-state index in [9.17, 15) is 13.6 Å². The Bertz CT molecular complexity index is 640. The van der Waals surface area contributed by atoms with Crippen LogP contribution in [-0.2, 0) is 4.79 Å². The van der Waals surface area contributed by atoms with Crippen molar-refractivity contribution in [1.29, 1.82) is 0 Å². The zero-order valence-electron chi connectivity index (χ0n) is 11.6. The molecule has 1 aromatic heterocycles. The van der Waals surface area contributed by atoms with E-state index in [1.165, 1.54) is 18.3 Å². The van der Waals surface area contributed by atoms with E-state index in [-0.39, 0.29) is 17.6 Å². The number of hydrogen-bond acceptors (Lipinski definition) is 3. The Morgan fingerprint density at radius 3 is 2.43 bits per heavy atom. The van der Waals surface area contributed by atoms with Gasteiger partial charge in [0.2, 0.25) is 5.91 Å². The number of carbonyl (C=O) groups excluding carboxylic acids is 1. The smallest absolute Gasteiger partial charge is 0.228 e. The lowest BCUT2D eigenvalue weighted by Gasteiger charge is -2.09. The molecule has 6 heteroatoms. The third-order valence-corrected chi connectivity index (χ3v) is 2.58. The molecule has 2 aromatic rings. The minimum atomic E-state index is -0.729. The van der Waals surface area contributed by atoms with Gasteiger partial charge < -0.3 is 10.1 Å². The first kappa shape index (κ1) is 14.9. The second kappa shape index (κ2) is 6.30. The van der Waals surface area contributed by atoms with Crippen LogP contribution in [0.15, 0.2) is 36.5 Å². The quantitative estimate of drug-likeness (QED) is 0.933. The van der Waals surface area contributed by atoms with Gasteiger partial charge >= 0.3 is 0 Å². The minimum absolute atomic E-state index is 0.0276. The molecule has 1 aromatic carbocycles. The van der Waals surface area contributed by atoms with Gasteiger partial charge in [-0.2, -0.15) is 0 Å². The summed E-state index contributed by atoms with van der Waals surface area (Å²) in [5.41, 5.74) is 0. The van der Waals surface area contributed by atoms with Gasteiger partial charge in [-0.3, -0.25) is 4.79 Å². The molecule has 0 aliphatic carbocycles. The standard InChI is InChI=1S/C15H14F2N2O2/c1-9(2)15(20)19-14-8-12(3-4-18-14)21-13-6-10(16)5-11(17)7-13/h3-9H,1-2H3,(H,18,19,20). The summed E-state index contributed by atoms with van der Waals surface area (Å²) in [6.45, 7) is 3.51. The summed E-state index contributed by atoms with van der Waals surface area (Å²) in [6, 6.07) is 5.89. The molecule has 0 bridgehead atoms. The number of benzene rings is 1. The predicted molar refractivity (Wildman–Crippen MR) is 74.1 cm³/mol. The van der Waals surface area contributed by atoms with Crippen LogP contribution in [0.2, 0.25) is 0 Å². The van der Waals surface area contributed by atoms with E-state index in [2.05, 4.69) is 10.3 Å². The van der Waals surface area contributed by atoms with E-state index in [4.69, 9.17) is 4.74 Å². The molecule has 0 radical (unpaired) electrons. The summed E-state index contributed by atoms with van der Waals surface area (Å²) >= 11 is 0. The molecular formula is C15H14F2N2O2. The van der Waals surface area contributed by atoms with Crippen molar-refractivity contribution < 1.29 is 18.3 Å². The number of nitrogens with zero attached hydrogens (tertiary/aromatic N) is 1. The van der Waals surface area contributed by atoms with Crippen LogP contribution in [0.4, 0.5) is 14.6 Å². The molecule has 1 N–H and O–H groups in total. The number of carbonyl (C=O) groups is 1. The molecule has 0 aliphatic rings. The van der Waals surface area contributed by atoms with Crippen molar-refractivity contribution in [3.8, 4) is 11.5 Å². The second-order valence-corrected chi connectivity index (χ2v) is 4.73. The van der Waals surface area contributed by atoms with E-state index in [0.717, 1.165) is 18.2 Å². The zero-order chi connectivity index (χ0) is 15.4. The molecule has 0 spiro atoms. The van der Waals surface area contributed by atoms with Crippen molar-refractivity contribution in [3.05, 3.63) is 48.2 Å². The summed E-state index contributed by atoms with van der Waals surface area (Å²) < 4.78 is 31.5. The topological polar surface area (TPSA) is 51.2 Å². The number of aromatic nitrogens is 1. The highest BCUT2D eigenvalue weighted by atomic mass is 19.1. The second-order valence-electron chi connectivity index (χ2n) is 4.73. The maximum Gasteiger partial charge on any atom is 0.228 e. The number of hydrogen-bond donors (Lipinski definition) is 1. The monoisotopic (exact) mass is 292 g/mol. The van der Waals surface area contributed by atoms with Crippen molar-refractivity contribution in [1.82, 2.24) is 4.98 Å². The van der Waals surface area contributed by atoms with Gasteiger partial charge in [0.25, 0.3) is 0 Å². The number of nitrogens with one attached hydrogen (secondary N) is 1. The number of halogens is 2. The van der Waals surface area contributed by atoms with E-state index in [1.807, 2.05) is 0 Å². The number of ether oxygens (including phenoxy) is 1. The van der Waals surface area contributed by atoms with Crippen LogP contribution in [-0.4, -0.2) is 10.9 Å². The highest BCUT2D eigenvalue weighted by Gasteiger charge is 2.09. The summed E-state index contributed by atoms with van der Waals surface area (Å²) in [5.74, 6) is -1.18. The Morgan fingerprint density at radius 1 is 1.14 bits per heavy atom. The van der Waals surface area contributed by atoms with E-state index >= 15 is 0 Å². The van der Waals surface area contributed by atoms with Crippen molar-refractivity contribution in [2.45, 2.75) is 13.8 Å². The number of pyridine rings is 1. The molecule has 0 saturated heterocycles. The lowest BCUT2D eigenvalue weighted by molar-refractivity contribution is -0.118. The summed E-state index contributed by atoms with van der Waals surface area (Å²) in [7, 11) is 0. The molecule has 2 rings (SSSR count). The van der Waals surface area contributed by atoms with Gasteiger partial charge in [0.1, 0.15) is 29.0 Å². The molecule has 4 nitrogen and oxygen atoms in total. The van der Waals surface area contributed by atoms with Crippen LogP contribution in [0.3, 0.4) is 0 Å². The molecule has 21 heavy (non-hydrogen) atoms. The first-order valence-electron chi connectivity index (χ1n) is 6.35. The van der Waals surface area contributed by atoms with Gasteiger partial charge in [0.05, 0.1) is 0 Å². The van der Waals surface area contributed by atoms with Crippen LogP contribution in [0.25, 0.3) is 0 Å². The first-order chi connectivity index (χ1) is 9.94. The Morgan fingerprint density at radius 2 is 1.81 bits per heavy atom. The van der Waals surface area contributed by atoms with Crippen LogP contribution >= 0.6 is 0 Å². The number of amides is 1. The van der Waals surface area contributed by atoms with E-state index < -0.39 is 11.6 Å². The Balaban J connectivity index is 2.15. The van der Waals surface area contributed by atoms with Gasteiger partial charge in [-0.25, -0.2) is 13.8 Å². The van der Waals surface area contributed by atoms with Crippen molar-refractivity contribution >= 4 is 11.7 Å². The maximum atomic E-state index is 13.1. The third-order valence-electron chi connectivity index (χ3n) is 2.58. The van der Waals surface area contributed by atoms with Gasteiger partial charge in [-0.1, -0.05) is 13.8 Å². The lowest BCUT2D eigenvalue weighted by atomic mass is 10.2. The predicted octanol–water partition coefficient (Wildman–Crippen LogP) is 3.75. The highest BCUT2D eigenvalue weighted by Crippen LogP contribution is 2.24. The lowest BCUT2D eigenvalue weighted by Crippen LogP contribution is -2.18. The average molecular weight is 292 g/mol. The van der Waals surface area contributed by atoms with Crippen LogP contribution in [0.5, 0.6) is 11.5 Å². The zero-order valence-corrected chi connectivity index (χ0v) is 11.6. The van der Waals surface area contributed by atoms with Gasteiger partial charge in [0, 0.05) is 36.4 Å². The molecular weight excluding hydrogens is 278 g/mol. The van der Waals surface area contributed by atoms with Gasteiger partial charge in [0.15, 0.2) is 0 Å². The van der Waals surface area contributed by atoms with Crippen LogP contribution < -0.4 is 10.1 Å². The highest BCUT2D eigenvalue weighted by molar-refractivity contribution is 5.91. The number of rotatable bonds is 4. The summed E-state index contributed by atoms with van der Waals surface area (Å²) in [4.78, 5) is 15.6. The molecule has 1 heterocycles. The van der Waals surface area contributed by atoms with Crippen molar-refractivity contribution in [2.75, 3.05) is 5.32 Å². The molecule has 0 fully saturated rings. The Labute approximate surface area is 120 Å². The minimum Gasteiger partial charge on any atom is -0.457 e. The van der Waals surface area contributed by atoms with Crippen LogP contribution in [0.1, 0.15) is 13.8 Å². The Hall–Kier alpha value is -2.50. The molecule has 0 saturated carbocycles. The maximum absolute atomic E-state index is 13.1. The molecule has 0 unspecified atom stereocenters.